The Balaban J connectivity index is 1.81. The zero-order chi connectivity index (χ0) is 19.3. The highest BCUT2D eigenvalue weighted by Gasteiger charge is 2.45. The fraction of sp³-hybridized carbons (Fsp3) is 0.389. The number of hydrogen-bond acceptors (Lipinski definition) is 4. The fourth-order valence-electron chi connectivity index (χ4n) is 4.07. The van der Waals surface area contributed by atoms with Crippen LogP contribution < -0.4 is 15.5 Å². The highest BCUT2D eigenvalue weighted by molar-refractivity contribution is 6.34. The van der Waals surface area contributed by atoms with Crippen LogP contribution >= 0.6 is 23.2 Å². The topological polar surface area (TPSA) is 40.2 Å². The lowest BCUT2D eigenvalue weighted by molar-refractivity contribution is -0.137. The van der Waals surface area contributed by atoms with Gasteiger partial charge in [-0.05, 0) is 42.8 Å². The molecule has 2 N–H and O–H groups in total. The van der Waals surface area contributed by atoms with Crippen molar-refractivity contribution in [2.45, 2.75) is 24.6 Å². The SMILES string of the molecule is CN1c2c(cc(Nc3ccc(Cl)nc3Cl)cc2C(F)(F)F)[C@@H]2CNCC[C@@H]21. The summed E-state index contributed by atoms with van der Waals surface area (Å²) in [5.74, 6) is 0.0143. The molecule has 0 aliphatic carbocycles. The minimum Gasteiger partial charge on any atom is -0.370 e. The minimum absolute atomic E-state index is 0.0143. The summed E-state index contributed by atoms with van der Waals surface area (Å²) in [6.07, 6.45) is -3.65. The molecule has 1 fully saturated rings. The van der Waals surface area contributed by atoms with Crippen LogP contribution in [-0.2, 0) is 6.18 Å². The van der Waals surface area contributed by atoms with Crippen molar-refractivity contribution in [3.63, 3.8) is 0 Å². The molecule has 1 aromatic heterocycles. The fourth-order valence-corrected chi connectivity index (χ4v) is 4.47. The molecule has 1 saturated heterocycles. The minimum atomic E-state index is -4.46. The number of aromatic nitrogens is 1. The van der Waals surface area contributed by atoms with Gasteiger partial charge in [-0.3, -0.25) is 0 Å². The molecule has 144 valence electrons. The van der Waals surface area contributed by atoms with Crippen LogP contribution in [0.5, 0.6) is 0 Å². The molecule has 2 aromatic rings. The van der Waals surface area contributed by atoms with Crippen LogP contribution in [0.1, 0.15) is 23.5 Å². The largest absolute Gasteiger partial charge is 0.418 e. The molecule has 0 unspecified atom stereocenters. The molecule has 27 heavy (non-hydrogen) atoms. The van der Waals surface area contributed by atoms with Crippen LogP contribution in [0.4, 0.5) is 30.2 Å². The summed E-state index contributed by atoms with van der Waals surface area (Å²) in [4.78, 5) is 5.70. The average Bonchev–Trinajstić information content (AvgIpc) is 2.89. The van der Waals surface area contributed by atoms with Gasteiger partial charge in [-0.1, -0.05) is 23.2 Å². The van der Waals surface area contributed by atoms with Gasteiger partial charge in [0.15, 0.2) is 5.15 Å². The highest BCUT2D eigenvalue weighted by atomic mass is 35.5. The van der Waals surface area contributed by atoms with E-state index in [4.69, 9.17) is 23.2 Å². The van der Waals surface area contributed by atoms with Crippen molar-refractivity contribution in [1.82, 2.24) is 10.3 Å². The normalized spacial score (nSPS) is 21.8. The third-order valence-electron chi connectivity index (χ3n) is 5.23. The first-order valence-corrected chi connectivity index (χ1v) is 9.29. The Morgan fingerprint density at radius 2 is 2.04 bits per heavy atom. The number of piperidine rings is 1. The number of alkyl halides is 3. The van der Waals surface area contributed by atoms with Gasteiger partial charge < -0.3 is 15.5 Å². The number of nitrogens with zero attached hydrogens (tertiary/aromatic N) is 2. The zero-order valence-corrected chi connectivity index (χ0v) is 15.9. The molecule has 0 amide bonds. The van der Waals surface area contributed by atoms with Gasteiger partial charge >= 0.3 is 6.18 Å². The van der Waals surface area contributed by atoms with Gasteiger partial charge in [0.1, 0.15) is 5.15 Å². The van der Waals surface area contributed by atoms with Crippen LogP contribution in [-0.4, -0.2) is 31.2 Å². The number of hydrogen-bond donors (Lipinski definition) is 2. The second-order valence-electron chi connectivity index (χ2n) is 6.83. The Bertz CT molecular complexity index is 888. The van der Waals surface area contributed by atoms with Crippen molar-refractivity contribution < 1.29 is 13.2 Å². The van der Waals surface area contributed by atoms with E-state index in [9.17, 15) is 13.2 Å². The second kappa shape index (κ2) is 6.72. The van der Waals surface area contributed by atoms with Gasteiger partial charge in [0.25, 0.3) is 0 Å². The van der Waals surface area contributed by atoms with Gasteiger partial charge in [0.05, 0.1) is 16.9 Å². The predicted octanol–water partition coefficient (Wildman–Crippen LogP) is 5.05. The maximum absolute atomic E-state index is 13.8. The van der Waals surface area contributed by atoms with Gasteiger partial charge in [0, 0.05) is 31.2 Å². The van der Waals surface area contributed by atoms with E-state index in [1.807, 2.05) is 0 Å². The molecular formula is C18H17Cl2F3N4. The molecule has 2 aliphatic rings. The number of fused-ring (bicyclic) bond motifs is 3. The smallest absolute Gasteiger partial charge is 0.370 e. The first kappa shape index (κ1) is 18.7. The van der Waals surface area contributed by atoms with Crippen LogP contribution in [0, 0.1) is 0 Å². The van der Waals surface area contributed by atoms with E-state index in [0.717, 1.165) is 19.0 Å². The van der Waals surface area contributed by atoms with Crippen molar-refractivity contribution in [3.05, 3.63) is 45.7 Å². The van der Waals surface area contributed by atoms with Gasteiger partial charge in [0.2, 0.25) is 0 Å². The first-order chi connectivity index (χ1) is 12.8. The van der Waals surface area contributed by atoms with Crippen LogP contribution in [0.15, 0.2) is 24.3 Å². The zero-order valence-electron chi connectivity index (χ0n) is 14.4. The number of halogens is 5. The second-order valence-corrected chi connectivity index (χ2v) is 7.58. The lowest BCUT2D eigenvalue weighted by Gasteiger charge is -2.31. The van der Waals surface area contributed by atoms with E-state index in [0.29, 0.717) is 23.5 Å². The Kier molecular flexibility index (Phi) is 4.64. The quantitative estimate of drug-likeness (QED) is 0.672. The monoisotopic (exact) mass is 416 g/mol. The van der Waals surface area contributed by atoms with Crippen molar-refractivity contribution in [2.75, 3.05) is 30.4 Å². The Hall–Kier alpha value is -1.70. The maximum Gasteiger partial charge on any atom is 0.418 e. The van der Waals surface area contributed by atoms with E-state index >= 15 is 0 Å². The lowest BCUT2D eigenvalue weighted by Crippen LogP contribution is -2.42. The molecule has 3 heterocycles. The van der Waals surface area contributed by atoms with Crippen molar-refractivity contribution in [1.29, 1.82) is 0 Å². The Morgan fingerprint density at radius 3 is 2.74 bits per heavy atom. The first-order valence-electron chi connectivity index (χ1n) is 8.53. The molecule has 9 heteroatoms. The van der Waals surface area contributed by atoms with E-state index < -0.39 is 11.7 Å². The van der Waals surface area contributed by atoms with Crippen LogP contribution in [0.25, 0.3) is 0 Å². The molecule has 4 nitrogen and oxygen atoms in total. The van der Waals surface area contributed by atoms with E-state index in [2.05, 4.69) is 15.6 Å². The molecule has 0 radical (unpaired) electrons. The summed E-state index contributed by atoms with van der Waals surface area (Å²) >= 11 is 11.9. The average molecular weight is 417 g/mol. The number of rotatable bonds is 2. The van der Waals surface area contributed by atoms with Gasteiger partial charge in [-0.25, -0.2) is 4.98 Å². The van der Waals surface area contributed by atoms with Crippen molar-refractivity contribution in [2.24, 2.45) is 0 Å². The molecule has 2 aliphatic heterocycles. The Morgan fingerprint density at radius 1 is 1.26 bits per heavy atom. The predicted molar refractivity (Wildman–Crippen MR) is 101 cm³/mol. The van der Waals surface area contributed by atoms with Gasteiger partial charge in [-0.2, -0.15) is 13.2 Å². The number of pyridine rings is 1. The third kappa shape index (κ3) is 3.32. The summed E-state index contributed by atoms with van der Waals surface area (Å²) in [6.45, 7) is 1.46. The molecule has 2 atom stereocenters. The summed E-state index contributed by atoms with van der Waals surface area (Å²) in [5, 5.41) is 6.56. The number of benzene rings is 1. The Labute approximate surface area is 164 Å². The number of nitrogens with one attached hydrogen (secondary N) is 2. The van der Waals surface area contributed by atoms with E-state index in [-0.39, 0.29) is 28.0 Å². The highest BCUT2D eigenvalue weighted by Crippen LogP contribution is 2.50. The molecular weight excluding hydrogens is 400 g/mol. The lowest BCUT2D eigenvalue weighted by atomic mass is 9.89. The molecule has 1 aromatic carbocycles. The van der Waals surface area contributed by atoms with Crippen molar-refractivity contribution in [3.8, 4) is 0 Å². The molecule has 0 saturated carbocycles. The summed E-state index contributed by atoms with van der Waals surface area (Å²) in [5.41, 5.74) is 1.06. The number of anilines is 3. The molecule has 0 bridgehead atoms. The summed E-state index contributed by atoms with van der Waals surface area (Å²) in [6, 6.07) is 6.10. The summed E-state index contributed by atoms with van der Waals surface area (Å²) < 4.78 is 41.5. The van der Waals surface area contributed by atoms with E-state index in [1.54, 1.807) is 24.1 Å². The van der Waals surface area contributed by atoms with Crippen LogP contribution in [0.3, 0.4) is 0 Å². The molecule has 4 rings (SSSR count). The van der Waals surface area contributed by atoms with E-state index in [1.165, 1.54) is 6.07 Å². The maximum atomic E-state index is 13.8. The van der Waals surface area contributed by atoms with Crippen LogP contribution in [0.2, 0.25) is 10.3 Å². The molecule has 0 spiro atoms. The van der Waals surface area contributed by atoms with Crippen molar-refractivity contribution >= 4 is 40.3 Å². The van der Waals surface area contributed by atoms with Gasteiger partial charge in [-0.15, -0.1) is 0 Å². The third-order valence-corrected chi connectivity index (χ3v) is 5.73. The number of likely N-dealkylation sites (N-methyl/N-ethyl adjacent to an activating group) is 1. The standard InChI is InChI=1S/C18H17Cl2F3N4/c1-27-14-4-5-24-8-11(14)10-6-9(7-12(16(10)27)18(21,22)23)25-13-2-3-15(19)26-17(13)20/h2-3,6-7,11,14,24-25H,4-5,8H2,1H3/t11-,14-/m0/s1. The summed E-state index contributed by atoms with van der Waals surface area (Å²) in [7, 11) is 1.75.